The number of carbonyl (C=O) groups is 2. The number of primary amides is 1. The highest BCUT2D eigenvalue weighted by molar-refractivity contribution is 6.06. The van der Waals surface area contributed by atoms with Crippen molar-refractivity contribution in [2.75, 3.05) is 10.2 Å². The Balaban J connectivity index is 1.74. The van der Waals surface area contributed by atoms with Gasteiger partial charge in [-0.25, -0.2) is 0 Å². The number of carbonyl (C=O) groups excluding carboxylic acids is 2. The van der Waals surface area contributed by atoms with Crippen LogP contribution >= 0.6 is 0 Å². The van der Waals surface area contributed by atoms with Gasteiger partial charge in [0.1, 0.15) is 11.8 Å². The molecule has 2 fully saturated rings. The number of aryl methyl sites for hydroxylation is 2. The first-order chi connectivity index (χ1) is 14.7. The molecule has 1 saturated heterocycles. The van der Waals surface area contributed by atoms with Crippen molar-refractivity contribution >= 4 is 23.2 Å². The molecule has 2 aromatic rings. The highest BCUT2D eigenvalue weighted by Gasteiger charge is 2.38. The van der Waals surface area contributed by atoms with Gasteiger partial charge in [0.05, 0.1) is 22.7 Å². The highest BCUT2D eigenvalue weighted by Crippen LogP contribution is 2.39. The first-order valence-corrected chi connectivity index (χ1v) is 10.8. The van der Waals surface area contributed by atoms with E-state index in [0.717, 1.165) is 35.3 Å². The maximum absolute atomic E-state index is 12.8. The average molecular weight is 427 g/mol. The lowest BCUT2D eigenvalue weighted by Gasteiger charge is -2.35. The number of rotatable bonds is 5. The minimum Gasteiger partial charge on any atom is -0.390 e. The molecular weight excluding hydrogens is 396 g/mol. The van der Waals surface area contributed by atoms with Gasteiger partial charge in [-0.15, -0.1) is 0 Å². The Morgan fingerprint density at radius 3 is 2.61 bits per heavy atom. The predicted octanol–water partition coefficient (Wildman–Crippen LogP) is 3.04. The van der Waals surface area contributed by atoms with E-state index in [4.69, 9.17) is 10.3 Å². The molecule has 1 aromatic carbocycles. The van der Waals surface area contributed by atoms with Crippen molar-refractivity contribution in [1.29, 1.82) is 0 Å². The number of anilines is 2. The molecule has 1 aromatic heterocycles. The summed E-state index contributed by atoms with van der Waals surface area (Å²) in [6.07, 6.45) is 3.77. The summed E-state index contributed by atoms with van der Waals surface area (Å²) in [6, 6.07) is 5.32. The Hall–Kier alpha value is -2.87. The van der Waals surface area contributed by atoms with Crippen LogP contribution < -0.4 is 16.0 Å². The molecule has 4 N–H and O–H groups in total. The normalized spacial score (nSPS) is 26.3. The van der Waals surface area contributed by atoms with Crippen molar-refractivity contribution in [3.05, 3.63) is 29.7 Å². The molecule has 1 aliphatic carbocycles. The van der Waals surface area contributed by atoms with Crippen LogP contribution in [0.1, 0.15) is 56.9 Å². The summed E-state index contributed by atoms with van der Waals surface area (Å²) in [5.74, 6) is 0.0699. The molecule has 2 heterocycles. The fourth-order valence-electron chi connectivity index (χ4n) is 4.76. The van der Waals surface area contributed by atoms with Crippen LogP contribution in [0.2, 0.25) is 0 Å². The minimum atomic E-state index is -0.667. The quantitative estimate of drug-likeness (QED) is 0.676. The summed E-state index contributed by atoms with van der Waals surface area (Å²) in [7, 11) is 0. The molecular formula is C23H30N4O4. The lowest BCUT2D eigenvalue weighted by Crippen LogP contribution is -2.43. The summed E-state index contributed by atoms with van der Waals surface area (Å²) in [5, 5.41) is 17.9. The fraction of sp³-hybridized carbons (Fsp3) is 0.522. The van der Waals surface area contributed by atoms with Crippen LogP contribution in [0.25, 0.3) is 11.1 Å². The smallest absolute Gasteiger partial charge is 0.240 e. The van der Waals surface area contributed by atoms with E-state index in [-0.39, 0.29) is 18.4 Å². The Morgan fingerprint density at radius 2 is 2.00 bits per heavy atom. The molecule has 166 valence electrons. The molecule has 8 heteroatoms. The number of hydrogen-bond donors (Lipinski definition) is 3. The molecule has 1 aliphatic heterocycles. The highest BCUT2D eigenvalue weighted by atomic mass is 16.5. The Bertz CT molecular complexity index is 984. The third kappa shape index (κ3) is 4.17. The second-order valence-corrected chi connectivity index (χ2v) is 9.07. The van der Waals surface area contributed by atoms with Crippen molar-refractivity contribution in [3.8, 4) is 11.1 Å². The van der Waals surface area contributed by atoms with Gasteiger partial charge in [-0.05, 0) is 70.6 Å². The Labute approximate surface area is 181 Å². The van der Waals surface area contributed by atoms with E-state index >= 15 is 0 Å². The van der Waals surface area contributed by atoms with Crippen LogP contribution in [0.15, 0.2) is 22.7 Å². The van der Waals surface area contributed by atoms with Gasteiger partial charge in [0, 0.05) is 18.0 Å². The third-order valence-corrected chi connectivity index (χ3v) is 6.54. The summed E-state index contributed by atoms with van der Waals surface area (Å²) in [5.41, 5.74) is 8.93. The van der Waals surface area contributed by atoms with Crippen LogP contribution in [0.3, 0.4) is 0 Å². The fourth-order valence-corrected chi connectivity index (χ4v) is 4.76. The van der Waals surface area contributed by atoms with Crippen LogP contribution in [0.5, 0.6) is 0 Å². The lowest BCUT2D eigenvalue weighted by atomic mass is 9.83. The van der Waals surface area contributed by atoms with Gasteiger partial charge in [-0.2, -0.15) is 0 Å². The first kappa shape index (κ1) is 21.4. The van der Waals surface area contributed by atoms with Gasteiger partial charge in [-0.3, -0.25) is 14.5 Å². The molecule has 1 atom stereocenters. The van der Waals surface area contributed by atoms with E-state index in [1.807, 2.05) is 39.0 Å². The minimum absolute atomic E-state index is 0.116. The molecule has 4 rings (SSSR count). The molecule has 0 radical (unpaired) electrons. The average Bonchev–Trinajstić information content (AvgIpc) is 3.26. The molecule has 0 bridgehead atoms. The summed E-state index contributed by atoms with van der Waals surface area (Å²) in [4.78, 5) is 26.4. The predicted molar refractivity (Wildman–Crippen MR) is 118 cm³/mol. The van der Waals surface area contributed by atoms with Gasteiger partial charge in [0.2, 0.25) is 11.8 Å². The largest absolute Gasteiger partial charge is 0.390 e. The van der Waals surface area contributed by atoms with Gasteiger partial charge < -0.3 is 20.7 Å². The van der Waals surface area contributed by atoms with E-state index in [0.29, 0.717) is 30.7 Å². The zero-order chi connectivity index (χ0) is 22.3. The van der Waals surface area contributed by atoms with Gasteiger partial charge in [-0.1, -0.05) is 11.2 Å². The van der Waals surface area contributed by atoms with E-state index < -0.39 is 17.6 Å². The topological polar surface area (TPSA) is 122 Å². The molecule has 2 aliphatic rings. The van der Waals surface area contributed by atoms with E-state index in [9.17, 15) is 14.7 Å². The number of aromatic nitrogens is 1. The monoisotopic (exact) mass is 426 g/mol. The molecule has 1 saturated carbocycles. The third-order valence-electron chi connectivity index (χ3n) is 6.54. The number of hydrogen-bond acceptors (Lipinski definition) is 6. The number of aliphatic hydroxyl groups is 1. The standard InChI is InChI=1S/C23H30N4O4/c1-13-21(14(2)31-26-13)15-4-5-17(25-16-8-10-23(3,30)11-9-16)19(12-15)27-18(22(24)29)6-7-20(27)28/h4-5,12,16,18,25,30H,6-11H2,1-3H3,(H2,24,29)/t16?,18-,23?/m0/s1. The number of nitrogens with two attached hydrogens (primary N) is 1. The number of benzene rings is 1. The lowest BCUT2D eigenvalue weighted by molar-refractivity contribution is -0.121. The Morgan fingerprint density at radius 1 is 1.29 bits per heavy atom. The van der Waals surface area contributed by atoms with E-state index in [2.05, 4.69) is 10.5 Å². The maximum atomic E-state index is 12.8. The molecule has 0 unspecified atom stereocenters. The van der Waals surface area contributed by atoms with Crippen molar-refractivity contribution in [2.24, 2.45) is 5.73 Å². The summed E-state index contributed by atoms with van der Waals surface area (Å²) < 4.78 is 5.32. The summed E-state index contributed by atoms with van der Waals surface area (Å²) >= 11 is 0. The molecule has 0 spiro atoms. The van der Waals surface area contributed by atoms with Gasteiger partial charge >= 0.3 is 0 Å². The Kier molecular flexibility index (Phi) is 5.51. The van der Waals surface area contributed by atoms with Crippen molar-refractivity contribution in [3.63, 3.8) is 0 Å². The maximum Gasteiger partial charge on any atom is 0.240 e. The van der Waals surface area contributed by atoms with E-state index in [1.165, 1.54) is 4.90 Å². The zero-order valence-electron chi connectivity index (χ0n) is 18.3. The molecule has 2 amide bonds. The van der Waals surface area contributed by atoms with Crippen LogP contribution in [-0.2, 0) is 9.59 Å². The number of nitrogens with one attached hydrogen (secondary N) is 1. The molecule has 31 heavy (non-hydrogen) atoms. The SMILES string of the molecule is Cc1noc(C)c1-c1ccc(NC2CCC(C)(O)CC2)c(N2C(=O)CC[C@H]2C(N)=O)c1. The van der Waals surface area contributed by atoms with Crippen molar-refractivity contribution < 1.29 is 19.2 Å². The van der Waals surface area contributed by atoms with Crippen LogP contribution in [-0.4, -0.2) is 39.8 Å². The first-order valence-electron chi connectivity index (χ1n) is 10.8. The number of amides is 2. The molecule has 8 nitrogen and oxygen atoms in total. The van der Waals surface area contributed by atoms with Crippen LogP contribution in [0.4, 0.5) is 11.4 Å². The zero-order valence-corrected chi connectivity index (χ0v) is 18.3. The van der Waals surface area contributed by atoms with Gasteiger partial charge in [0.25, 0.3) is 0 Å². The second kappa shape index (κ2) is 8.00. The van der Waals surface area contributed by atoms with Crippen molar-refractivity contribution in [1.82, 2.24) is 5.16 Å². The van der Waals surface area contributed by atoms with Crippen molar-refractivity contribution in [2.45, 2.75) is 77.0 Å². The summed E-state index contributed by atoms with van der Waals surface area (Å²) in [6.45, 7) is 5.59. The van der Waals surface area contributed by atoms with Gasteiger partial charge in [0.15, 0.2) is 0 Å². The number of nitrogens with zero attached hydrogens (tertiary/aromatic N) is 2. The van der Waals surface area contributed by atoms with E-state index in [1.54, 1.807) is 0 Å². The van der Waals surface area contributed by atoms with Crippen LogP contribution in [0, 0.1) is 13.8 Å². The second-order valence-electron chi connectivity index (χ2n) is 9.07.